The predicted octanol–water partition coefficient (Wildman–Crippen LogP) is 15.2. The van der Waals surface area contributed by atoms with E-state index in [0.717, 1.165) is 83.5 Å². The lowest BCUT2D eigenvalue weighted by atomic mass is 10.0. The SMILES string of the molecule is CC/C=C\C/C=C\C/C=C\C/C=C\C/C=C\CCCC(CC(=O)NC(CO)C(O)CCCCCCCCCCC)OC(=O)CCCCCCCCCCCCCCCCC. The molecule has 0 saturated heterocycles. The zero-order valence-corrected chi connectivity index (χ0v) is 39.6. The molecule has 0 aromatic carbocycles. The second kappa shape index (κ2) is 47.6. The maximum absolute atomic E-state index is 13.2. The molecule has 1 amide bonds. The van der Waals surface area contributed by atoms with E-state index in [2.05, 4.69) is 86.8 Å². The zero-order valence-electron chi connectivity index (χ0n) is 39.6. The number of nitrogens with one attached hydrogen (secondary N) is 1. The summed E-state index contributed by atoms with van der Waals surface area (Å²) in [5.74, 6) is -0.527. The minimum atomic E-state index is -0.801. The lowest BCUT2D eigenvalue weighted by Crippen LogP contribution is -2.46. The van der Waals surface area contributed by atoms with Crippen molar-refractivity contribution < 1.29 is 24.5 Å². The molecule has 60 heavy (non-hydrogen) atoms. The third-order valence-electron chi connectivity index (χ3n) is 11.4. The van der Waals surface area contributed by atoms with E-state index in [9.17, 15) is 19.8 Å². The van der Waals surface area contributed by atoms with E-state index in [1.165, 1.54) is 116 Å². The van der Waals surface area contributed by atoms with E-state index < -0.39 is 18.2 Å². The fraction of sp³-hybridized carbons (Fsp3) is 0.778. The van der Waals surface area contributed by atoms with Crippen LogP contribution in [-0.4, -0.2) is 46.9 Å². The van der Waals surface area contributed by atoms with Crippen molar-refractivity contribution in [1.29, 1.82) is 0 Å². The van der Waals surface area contributed by atoms with Crippen molar-refractivity contribution in [3.05, 3.63) is 60.8 Å². The summed E-state index contributed by atoms with van der Waals surface area (Å²) >= 11 is 0. The number of carbonyl (C=O) groups is 2. The van der Waals surface area contributed by atoms with Gasteiger partial charge in [0.15, 0.2) is 0 Å². The number of aliphatic hydroxyl groups is 2. The second-order valence-corrected chi connectivity index (χ2v) is 17.2. The lowest BCUT2D eigenvalue weighted by Gasteiger charge is -2.24. The number of aliphatic hydroxyl groups excluding tert-OH is 2. The van der Waals surface area contributed by atoms with Gasteiger partial charge in [0.2, 0.25) is 5.91 Å². The Labute approximate surface area is 371 Å². The topological polar surface area (TPSA) is 95.9 Å². The summed E-state index contributed by atoms with van der Waals surface area (Å²) < 4.78 is 5.90. The van der Waals surface area contributed by atoms with Crippen molar-refractivity contribution in [3.8, 4) is 0 Å². The fourth-order valence-corrected chi connectivity index (χ4v) is 7.52. The minimum Gasteiger partial charge on any atom is -0.462 e. The Morgan fingerprint density at radius 1 is 0.500 bits per heavy atom. The van der Waals surface area contributed by atoms with E-state index in [0.29, 0.717) is 19.3 Å². The molecule has 6 heteroatoms. The summed E-state index contributed by atoms with van der Waals surface area (Å²) in [6.45, 7) is 6.34. The molecular formula is C54H97NO5. The standard InChI is InChI=1S/C54H97NO5/c1-4-7-10-13-16-19-21-23-25-26-28-29-31-34-36-39-42-45-50(48-53(58)55-51(49-56)52(57)46-43-40-37-33-18-15-12-9-6-3)60-54(59)47-44-41-38-35-32-30-27-24-22-20-17-14-11-8-5-2/h7,10,16,19,23,25,28-29,34,36,50-52,56-57H,4-6,8-9,11-15,17-18,20-22,24,26-27,30-33,35,37-49H2,1-3H3,(H,55,58)/b10-7-,19-16-,25-23-,29-28-,36-34-. The Kier molecular flexibility index (Phi) is 45.7. The lowest BCUT2D eigenvalue weighted by molar-refractivity contribution is -0.151. The molecule has 348 valence electrons. The first-order valence-electron chi connectivity index (χ1n) is 25.5. The van der Waals surface area contributed by atoms with Gasteiger partial charge in [-0.3, -0.25) is 9.59 Å². The first-order valence-corrected chi connectivity index (χ1v) is 25.5. The molecule has 0 aliphatic heterocycles. The summed E-state index contributed by atoms with van der Waals surface area (Å²) in [6, 6.07) is -0.718. The maximum Gasteiger partial charge on any atom is 0.306 e. The molecule has 0 heterocycles. The molecule has 3 unspecified atom stereocenters. The van der Waals surface area contributed by atoms with Crippen molar-refractivity contribution in [2.75, 3.05) is 6.61 Å². The molecular weight excluding hydrogens is 743 g/mol. The summed E-state index contributed by atoms with van der Waals surface area (Å²) in [5, 5.41) is 23.7. The highest BCUT2D eigenvalue weighted by Gasteiger charge is 2.24. The molecule has 6 nitrogen and oxygen atoms in total. The second-order valence-electron chi connectivity index (χ2n) is 17.2. The van der Waals surface area contributed by atoms with Gasteiger partial charge < -0.3 is 20.3 Å². The number of amides is 1. The molecule has 0 rings (SSSR count). The van der Waals surface area contributed by atoms with Crippen molar-refractivity contribution in [2.24, 2.45) is 0 Å². The average molecular weight is 840 g/mol. The van der Waals surface area contributed by atoms with E-state index in [1.54, 1.807) is 0 Å². The van der Waals surface area contributed by atoms with E-state index in [-0.39, 0.29) is 24.9 Å². The van der Waals surface area contributed by atoms with Gasteiger partial charge in [-0.2, -0.15) is 0 Å². The Morgan fingerprint density at radius 3 is 1.33 bits per heavy atom. The molecule has 0 aliphatic carbocycles. The number of unbranched alkanes of at least 4 members (excludes halogenated alkanes) is 23. The van der Waals surface area contributed by atoms with E-state index >= 15 is 0 Å². The zero-order chi connectivity index (χ0) is 43.8. The van der Waals surface area contributed by atoms with Crippen LogP contribution < -0.4 is 5.32 Å². The third kappa shape index (κ3) is 42.3. The van der Waals surface area contributed by atoms with Gasteiger partial charge in [-0.15, -0.1) is 0 Å². The van der Waals surface area contributed by atoms with Gasteiger partial charge in [0.1, 0.15) is 6.10 Å². The molecule has 3 atom stereocenters. The molecule has 0 aliphatic rings. The van der Waals surface area contributed by atoms with Crippen LogP contribution in [0.1, 0.15) is 245 Å². The van der Waals surface area contributed by atoms with Gasteiger partial charge in [-0.25, -0.2) is 0 Å². The highest BCUT2D eigenvalue weighted by Crippen LogP contribution is 2.17. The van der Waals surface area contributed by atoms with Gasteiger partial charge in [0.25, 0.3) is 0 Å². The third-order valence-corrected chi connectivity index (χ3v) is 11.4. The van der Waals surface area contributed by atoms with Crippen molar-refractivity contribution in [3.63, 3.8) is 0 Å². The number of hydrogen-bond donors (Lipinski definition) is 3. The molecule has 0 saturated carbocycles. The number of ether oxygens (including phenoxy) is 1. The number of allylic oxidation sites excluding steroid dienone is 10. The van der Waals surface area contributed by atoms with Crippen LogP contribution in [0, 0.1) is 0 Å². The van der Waals surface area contributed by atoms with Gasteiger partial charge in [0, 0.05) is 6.42 Å². The molecule has 3 N–H and O–H groups in total. The summed E-state index contributed by atoms with van der Waals surface area (Å²) in [5.41, 5.74) is 0. The van der Waals surface area contributed by atoms with Gasteiger partial charge >= 0.3 is 5.97 Å². The Balaban J connectivity index is 4.68. The highest BCUT2D eigenvalue weighted by atomic mass is 16.5. The van der Waals surface area contributed by atoms with Crippen molar-refractivity contribution in [2.45, 2.75) is 264 Å². The number of hydrogen-bond acceptors (Lipinski definition) is 5. The van der Waals surface area contributed by atoms with Crippen LogP contribution in [0.25, 0.3) is 0 Å². The molecule has 0 fully saturated rings. The fourth-order valence-electron chi connectivity index (χ4n) is 7.52. The predicted molar refractivity (Wildman–Crippen MR) is 259 cm³/mol. The van der Waals surface area contributed by atoms with Crippen molar-refractivity contribution >= 4 is 11.9 Å². The first kappa shape index (κ1) is 57.6. The van der Waals surface area contributed by atoms with Crippen LogP contribution in [-0.2, 0) is 14.3 Å². The van der Waals surface area contributed by atoms with Crippen LogP contribution in [0.5, 0.6) is 0 Å². The van der Waals surface area contributed by atoms with Gasteiger partial charge in [-0.05, 0) is 64.2 Å². The number of carbonyl (C=O) groups excluding carboxylic acids is 2. The first-order chi connectivity index (χ1) is 29.5. The smallest absolute Gasteiger partial charge is 0.306 e. The normalized spacial score (nSPS) is 13.8. The van der Waals surface area contributed by atoms with Crippen LogP contribution in [0.3, 0.4) is 0 Å². The molecule has 0 aromatic heterocycles. The van der Waals surface area contributed by atoms with Crippen LogP contribution in [0.4, 0.5) is 0 Å². The molecule has 0 aromatic rings. The Hall–Kier alpha value is -2.44. The summed E-state index contributed by atoms with van der Waals surface area (Å²) in [7, 11) is 0. The molecule has 0 radical (unpaired) electrons. The average Bonchev–Trinajstić information content (AvgIpc) is 3.24. The van der Waals surface area contributed by atoms with Crippen LogP contribution >= 0.6 is 0 Å². The largest absolute Gasteiger partial charge is 0.462 e. The van der Waals surface area contributed by atoms with E-state index in [1.807, 2.05) is 0 Å². The monoisotopic (exact) mass is 840 g/mol. The van der Waals surface area contributed by atoms with E-state index in [4.69, 9.17) is 4.74 Å². The quantitative estimate of drug-likeness (QED) is 0.0322. The van der Waals surface area contributed by atoms with Crippen molar-refractivity contribution in [1.82, 2.24) is 5.32 Å². The maximum atomic E-state index is 13.2. The van der Waals surface area contributed by atoms with Gasteiger partial charge in [-0.1, -0.05) is 229 Å². The van der Waals surface area contributed by atoms with Gasteiger partial charge in [0.05, 0.1) is 25.2 Å². The Bertz CT molecular complexity index is 1080. The summed E-state index contributed by atoms with van der Waals surface area (Å²) in [6.07, 6.45) is 58.6. The summed E-state index contributed by atoms with van der Waals surface area (Å²) in [4.78, 5) is 26.1. The molecule has 0 spiro atoms. The number of esters is 1. The Morgan fingerprint density at radius 2 is 0.900 bits per heavy atom. The minimum absolute atomic E-state index is 0.0392. The number of rotatable bonds is 45. The molecule has 0 bridgehead atoms. The van der Waals surface area contributed by atoms with Crippen LogP contribution in [0.2, 0.25) is 0 Å². The highest BCUT2D eigenvalue weighted by molar-refractivity contribution is 5.77. The van der Waals surface area contributed by atoms with Crippen LogP contribution in [0.15, 0.2) is 60.8 Å².